The maximum Gasteiger partial charge on any atom is 0.346 e. The molecule has 2 rings (SSSR count). The number of hydrogen-bond donors (Lipinski definition) is 0. The highest BCUT2D eigenvalue weighted by atomic mass is 16.6. The van der Waals surface area contributed by atoms with Crippen molar-refractivity contribution in [2.75, 3.05) is 0 Å². The average Bonchev–Trinajstić information content (AvgIpc) is 2.64. The van der Waals surface area contributed by atoms with Gasteiger partial charge in [-0.15, -0.1) is 0 Å². The largest absolute Gasteiger partial charge is 0.386 e. The van der Waals surface area contributed by atoms with E-state index in [0.29, 0.717) is 11.1 Å². The van der Waals surface area contributed by atoms with Crippen LogP contribution in [0.5, 0.6) is 0 Å². The summed E-state index contributed by atoms with van der Waals surface area (Å²) in [5, 5.41) is 0. The lowest BCUT2D eigenvalue weighted by Crippen LogP contribution is -1.96. The number of rotatable bonds is 3. The first-order valence-corrected chi connectivity index (χ1v) is 6.06. The Kier molecular flexibility index (Phi) is 5.40. The summed E-state index contributed by atoms with van der Waals surface area (Å²) >= 11 is 0. The summed E-state index contributed by atoms with van der Waals surface area (Å²) < 4.78 is 4.35. The number of unbranched alkanes of at least 4 members (excludes halogenated alkanes) is 3. The summed E-state index contributed by atoms with van der Waals surface area (Å²) in [6, 6.07) is 6.53. The van der Waals surface area contributed by atoms with E-state index >= 15 is 0 Å². The summed E-state index contributed by atoms with van der Waals surface area (Å²) in [6.07, 6.45) is 5.54. The Bertz CT molecular complexity index is 359. The van der Waals surface area contributed by atoms with Crippen LogP contribution in [0.1, 0.15) is 60.2 Å². The Morgan fingerprint density at radius 2 is 1.29 bits per heavy atom. The maximum absolute atomic E-state index is 10.8. The lowest BCUT2D eigenvalue weighted by molar-refractivity contribution is 0.0444. The second kappa shape index (κ2) is 6.84. The molecule has 0 atom stereocenters. The molecule has 3 nitrogen and oxygen atoms in total. The van der Waals surface area contributed by atoms with Crippen molar-refractivity contribution in [3.05, 3.63) is 35.4 Å². The van der Waals surface area contributed by atoms with E-state index in [4.69, 9.17) is 0 Å². The molecule has 3 heteroatoms. The van der Waals surface area contributed by atoms with Crippen molar-refractivity contribution in [1.29, 1.82) is 0 Å². The van der Waals surface area contributed by atoms with Gasteiger partial charge in [-0.05, 0) is 12.1 Å². The van der Waals surface area contributed by atoms with Gasteiger partial charge < -0.3 is 4.74 Å². The lowest BCUT2D eigenvalue weighted by atomic mass is 10.1. The SMILES string of the molecule is CCCCCC.O=C1OC(=O)c2ccccc21. The van der Waals surface area contributed by atoms with Crippen LogP contribution in [-0.4, -0.2) is 11.9 Å². The van der Waals surface area contributed by atoms with Crippen molar-refractivity contribution in [2.45, 2.75) is 39.5 Å². The topological polar surface area (TPSA) is 43.4 Å². The third-order valence-corrected chi connectivity index (χ3v) is 2.51. The zero-order valence-electron chi connectivity index (χ0n) is 10.4. The standard InChI is InChI=1S/C8H4O3.C6H14/c9-7-5-3-1-2-4-6(5)8(10)11-7;1-3-5-6-4-2/h1-4H;3-6H2,1-2H3. The van der Waals surface area contributed by atoms with E-state index < -0.39 is 11.9 Å². The second-order valence-electron chi connectivity index (χ2n) is 3.93. The molecule has 0 radical (unpaired) electrons. The van der Waals surface area contributed by atoms with E-state index in [1.165, 1.54) is 25.7 Å². The minimum atomic E-state index is -0.550. The summed E-state index contributed by atoms with van der Waals surface area (Å²) in [4.78, 5) is 21.7. The van der Waals surface area contributed by atoms with Crippen LogP contribution in [0.3, 0.4) is 0 Å². The highest BCUT2D eigenvalue weighted by Crippen LogP contribution is 2.18. The molecule has 0 aliphatic carbocycles. The molecule has 17 heavy (non-hydrogen) atoms. The van der Waals surface area contributed by atoms with E-state index in [0.717, 1.165) is 0 Å². The summed E-state index contributed by atoms with van der Waals surface area (Å²) in [7, 11) is 0. The summed E-state index contributed by atoms with van der Waals surface area (Å²) in [5.41, 5.74) is 0.718. The van der Waals surface area contributed by atoms with Gasteiger partial charge in [-0.2, -0.15) is 0 Å². The highest BCUT2D eigenvalue weighted by Gasteiger charge is 2.28. The van der Waals surface area contributed by atoms with Crippen LogP contribution in [0.15, 0.2) is 24.3 Å². The van der Waals surface area contributed by atoms with Crippen molar-refractivity contribution >= 4 is 11.9 Å². The van der Waals surface area contributed by atoms with Gasteiger partial charge in [0.2, 0.25) is 0 Å². The van der Waals surface area contributed by atoms with Crippen LogP contribution in [-0.2, 0) is 4.74 Å². The molecule has 0 spiro atoms. The molecule has 0 saturated carbocycles. The van der Waals surface area contributed by atoms with E-state index in [2.05, 4.69) is 18.6 Å². The molecular formula is C14H18O3. The summed E-state index contributed by atoms with van der Waals surface area (Å²) in [6.45, 7) is 4.46. The fourth-order valence-corrected chi connectivity index (χ4v) is 1.53. The molecule has 0 saturated heterocycles. The van der Waals surface area contributed by atoms with Crippen LogP contribution < -0.4 is 0 Å². The number of carbonyl (C=O) groups is 2. The molecule has 0 bridgehead atoms. The normalized spacial score (nSPS) is 12.6. The second-order valence-corrected chi connectivity index (χ2v) is 3.93. The van der Waals surface area contributed by atoms with Gasteiger partial charge in [-0.25, -0.2) is 9.59 Å². The monoisotopic (exact) mass is 234 g/mol. The van der Waals surface area contributed by atoms with Crippen LogP contribution in [0.2, 0.25) is 0 Å². The molecule has 1 aromatic carbocycles. The van der Waals surface area contributed by atoms with Crippen molar-refractivity contribution < 1.29 is 14.3 Å². The van der Waals surface area contributed by atoms with Gasteiger partial charge in [0.05, 0.1) is 11.1 Å². The molecule has 0 aromatic heterocycles. The molecule has 92 valence electrons. The van der Waals surface area contributed by atoms with Crippen molar-refractivity contribution in [3.8, 4) is 0 Å². The van der Waals surface area contributed by atoms with Crippen LogP contribution in [0, 0.1) is 0 Å². The Labute approximate surface area is 102 Å². The number of carbonyl (C=O) groups excluding carboxylic acids is 2. The van der Waals surface area contributed by atoms with Crippen LogP contribution in [0.25, 0.3) is 0 Å². The molecule has 0 amide bonds. The van der Waals surface area contributed by atoms with Gasteiger partial charge >= 0.3 is 11.9 Å². The molecule has 1 heterocycles. The van der Waals surface area contributed by atoms with E-state index in [9.17, 15) is 9.59 Å². The van der Waals surface area contributed by atoms with Crippen molar-refractivity contribution in [2.24, 2.45) is 0 Å². The third-order valence-electron chi connectivity index (χ3n) is 2.51. The van der Waals surface area contributed by atoms with Gasteiger partial charge in [0.15, 0.2) is 0 Å². The van der Waals surface area contributed by atoms with E-state index in [1.807, 2.05) is 0 Å². The Hall–Kier alpha value is -1.64. The predicted molar refractivity (Wildman–Crippen MR) is 66.0 cm³/mol. The average molecular weight is 234 g/mol. The van der Waals surface area contributed by atoms with Crippen LogP contribution >= 0.6 is 0 Å². The van der Waals surface area contributed by atoms with Gasteiger partial charge in [0.25, 0.3) is 0 Å². The van der Waals surface area contributed by atoms with Gasteiger partial charge in [-0.3, -0.25) is 0 Å². The number of ether oxygens (including phenoxy) is 1. The number of hydrogen-bond acceptors (Lipinski definition) is 3. The quantitative estimate of drug-likeness (QED) is 0.456. The Morgan fingerprint density at radius 1 is 0.882 bits per heavy atom. The molecule has 1 aliphatic rings. The van der Waals surface area contributed by atoms with Gasteiger partial charge in [0, 0.05) is 0 Å². The summed E-state index contributed by atoms with van der Waals surface area (Å²) in [5.74, 6) is -1.10. The van der Waals surface area contributed by atoms with E-state index in [-0.39, 0.29) is 0 Å². The molecule has 0 N–H and O–H groups in total. The Morgan fingerprint density at radius 3 is 1.65 bits per heavy atom. The first-order valence-electron chi connectivity index (χ1n) is 6.06. The first kappa shape index (κ1) is 13.4. The number of cyclic esters (lactones) is 2. The van der Waals surface area contributed by atoms with Crippen molar-refractivity contribution in [1.82, 2.24) is 0 Å². The molecular weight excluding hydrogens is 216 g/mol. The molecule has 1 aliphatic heterocycles. The first-order chi connectivity index (χ1) is 8.20. The predicted octanol–water partition coefficient (Wildman–Crippen LogP) is 3.58. The van der Waals surface area contributed by atoms with Crippen LogP contribution in [0.4, 0.5) is 0 Å². The fourth-order valence-electron chi connectivity index (χ4n) is 1.53. The van der Waals surface area contributed by atoms with Gasteiger partial charge in [0.1, 0.15) is 0 Å². The minimum absolute atomic E-state index is 0.359. The fraction of sp³-hybridized carbons (Fsp3) is 0.429. The zero-order valence-corrected chi connectivity index (χ0v) is 10.4. The number of esters is 2. The number of fused-ring (bicyclic) bond motifs is 1. The van der Waals surface area contributed by atoms with Gasteiger partial charge in [-0.1, -0.05) is 51.7 Å². The molecule has 1 aromatic rings. The number of benzene rings is 1. The highest BCUT2D eigenvalue weighted by molar-refractivity contribution is 6.14. The molecule has 0 unspecified atom stereocenters. The van der Waals surface area contributed by atoms with Crippen molar-refractivity contribution in [3.63, 3.8) is 0 Å². The van der Waals surface area contributed by atoms with E-state index in [1.54, 1.807) is 24.3 Å². The zero-order chi connectivity index (χ0) is 12.7. The molecule has 0 fully saturated rings. The lowest BCUT2D eigenvalue weighted by Gasteiger charge is -1.86. The maximum atomic E-state index is 10.8. The Balaban J connectivity index is 0.000000209. The third kappa shape index (κ3) is 3.70. The minimum Gasteiger partial charge on any atom is -0.386 e. The smallest absolute Gasteiger partial charge is 0.346 e.